The Balaban J connectivity index is 1.97. The predicted octanol–water partition coefficient (Wildman–Crippen LogP) is 2.90. The standard InChI is InChI=1S/C17H24ClN3O2/c1-3-19-17(23)14-10-12(8-9-15(14)18)20-16(22)11-21(2)13-6-4-5-7-13/h8-10,13H,3-7,11H2,1-2H3,(H,19,23)(H,20,22). The Bertz CT molecular complexity index is 571. The summed E-state index contributed by atoms with van der Waals surface area (Å²) in [6, 6.07) is 5.44. The van der Waals surface area contributed by atoms with E-state index in [-0.39, 0.29) is 11.8 Å². The Morgan fingerprint density at radius 3 is 2.65 bits per heavy atom. The van der Waals surface area contributed by atoms with Gasteiger partial charge in [0, 0.05) is 18.3 Å². The van der Waals surface area contributed by atoms with Gasteiger partial charge in [-0.3, -0.25) is 14.5 Å². The SMILES string of the molecule is CCNC(=O)c1cc(NC(=O)CN(C)C2CCCC2)ccc1Cl. The number of amides is 2. The van der Waals surface area contributed by atoms with E-state index in [4.69, 9.17) is 11.6 Å². The second kappa shape index (κ2) is 8.31. The van der Waals surface area contributed by atoms with Crippen LogP contribution in [0.4, 0.5) is 5.69 Å². The number of nitrogens with zero attached hydrogens (tertiary/aromatic N) is 1. The van der Waals surface area contributed by atoms with Crippen molar-refractivity contribution in [2.24, 2.45) is 0 Å². The van der Waals surface area contributed by atoms with Crippen molar-refractivity contribution in [3.05, 3.63) is 28.8 Å². The smallest absolute Gasteiger partial charge is 0.252 e. The monoisotopic (exact) mass is 337 g/mol. The lowest BCUT2D eigenvalue weighted by atomic mass is 10.2. The molecule has 1 fully saturated rings. The maximum atomic E-state index is 12.2. The number of hydrogen-bond acceptors (Lipinski definition) is 3. The Hall–Kier alpha value is -1.59. The minimum atomic E-state index is -0.239. The Labute approximate surface area is 142 Å². The number of nitrogens with one attached hydrogen (secondary N) is 2. The molecule has 0 bridgehead atoms. The van der Waals surface area contributed by atoms with Gasteiger partial charge >= 0.3 is 0 Å². The molecule has 1 saturated carbocycles. The molecule has 126 valence electrons. The van der Waals surface area contributed by atoms with Gasteiger partial charge in [-0.15, -0.1) is 0 Å². The first-order chi connectivity index (χ1) is 11.0. The van der Waals surface area contributed by atoms with Gasteiger partial charge in [0.2, 0.25) is 5.91 Å². The summed E-state index contributed by atoms with van der Waals surface area (Å²) in [6.07, 6.45) is 4.80. The van der Waals surface area contributed by atoms with E-state index in [0.29, 0.717) is 35.4 Å². The Kier molecular flexibility index (Phi) is 6.42. The lowest BCUT2D eigenvalue weighted by Gasteiger charge is -2.23. The minimum absolute atomic E-state index is 0.0800. The summed E-state index contributed by atoms with van der Waals surface area (Å²) >= 11 is 6.05. The quantitative estimate of drug-likeness (QED) is 0.839. The van der Waals surface area contributed by atoms with Crippen molar-refractivity contribution in [3.63, 3.8) is 0 Å². The molecule has 0 unspecified atom stereocenters. The van der Waals surface area contributed by atoms with Crippen LogP contribution < -0.4 is 10.6 Å². The zero-order valence-corrected chi connectivity index (χ0v) is 14.4. The average molecular weight is 338 g/mol. The van der Waals surface area contributed by atoms with Gasteiger partial charge in [0.25, 0.3) is 5.91 Å². The average Bonchev–Trinajstić information content (AvgIpc) is 3.03. The highest BCUT2D eigenvalue weighted by Gasteiger charge is 2.21. The van der Waals surface area contributed by atoms with Crippen LogP contribution in [0.1, 0.15) is 43.0 Å². The van der Waals surface area contributed by atoms with Gasteiger partial charge in [-0.1, -0.05) is 24.4 Å². The molecule has 0 aromatic heterocycles. The number of hydrogen-bond donors (Lipinski definition) is 2. The topological polar surface area (TPSA) is 61.4 Å². The number of carbonyl (C=O) groups is 2. The van der Waals surface area contributed by atoms with Crippen LogP contribution in [0, 0.1) is 0 Å². The number of likely N-dealkylation sites (N-methyl/N-ethyl adjacent to an activating group) is 1. The lowest BCUT2D eigenvalue weighted by molar-refractivity contribution is -0.117. The molecule has 1 aliphatic carbocycles. The molecule has 2 rings (SSSR count). The van der Waals surface area contributed by atoms with Crippen LogP contribution in [0.15, 0.2) is 18.2 Å². The summed E-state index contributed by atoms with van der Waals surface area (Å²) in [5, 5.41) is 5.92. The molecule has 1 aromatic rings. The molecule has 2 N–H and O–H groups in total. The van der Waals surface area contributed by atoms with Crippen LogP contribution >= 0.6 is 11.6 Å². The third-order valence-electron chi connectivity index (χ3n) is 4.17. The van der Waals surface area contributed by atoms with E-state index in [0.717, 1.165) is 12.8 Å². The van der Waals surface area contributed by atoms with Crippen LogP contribution in [-0.2, 0) is 4.79 Å². The van der Waals surface area contributed by atoms with E-state index in [1.165, 1.54) is 12.8 Å². The number of halogens is 1. The third kappa shape index (κ3) is 4.94. The van der Waals surface area contributed by atoms with Crippen molar-refractivity contribution in [1.82, 2.24) is 10.2 Å². The molecule has 0 aliphatic heterocycles. The third-order valence-corrected chi connectivity index (χ3v) is 4.50. The van der Waals surface area contributed by atoms with Crippen molar-refractivity contribution in [2.75, 3.05) is 25.5 Å². The minimum Gasteiger partial charge on any atom is -0.352 e. The van der Waals surface area contributed by atoms with Crippen LogP contribution in [-0.4, -0.2) is 42.9 Å². The summed E-state index contributed by atoms with van der Waals surface area (Å²) in [7, 11) is 1.98. The molecule has 0 saturated heterocycles. The second-order valence-electron chi connectivity index (χ2n) is 5.96. The number of rotatable bonds is 6. The number of carbonyl (C=O) groups excluding carboxylic acids is 2. The van der Waals surface area contributed by atoms with Gasteiger partial charge in [-0.2, -0.15) is 0 Å². The fourth-order valence-corrected chi connectivity index (χ4v) is 3.14. The van der Waals surface area contributed by atoms with Gasteiger partial charge in [0.05, 0.1) is 17.1 Å². The molecule has 1 aliphatic rings. The van der Waals surface area contributed by atoms with Crippen molar-refractivity contribution in [3.8, 4) is 0 Å². The maximum Gasteiger partial charge on any atom is 0.252 e. The van der Waals surface area contributed by atoms with E-state index in [1.807, 2.05) is 14.0 Å². The first-order valence-corrected chi connectivity index (χ1v) is 8.47. The zero-order chi connectivity index (χ0) is 16.8. The summed E-state index contributed by atoms with van der Waals surface area (Å²) in [5.41, 5.74) is 0.955. The molecule has 2 amide bonds. The van der Waals surface area contributed by atoms with Crippen molar-refractivity contribution in [1.29, 1.82) is 0 Å². The fourth-order valence-electron chi connectivity index (χ4n) is 2.93. The molecule has 1 aromatic carbocycles. The first kappa shape index (κ1) is 17.8. The van der Waals surface area contributed by atoms with Crippen LogP contribution in [0.5, 0.6) is 0 Å². The van der Waals surface area contributed by atoms with Gasteiger partial charge in [-0.05, 0) is 45.0 Å². The van der Waals surface area contributed by atoms with Crippen LogP contribution in [0.25, 0.3) is 0 Å². The van der Waals surface area contributed by atoms with Gasteiger partial charge < -0.3 is 10.6 Å². The molecular weight excluding hydrogens is 314 g/mol. The van der Waals surface area contributed by atoms with Crippen LogP contribution in [0.3, 0.4) is 0 Å². The van der Waals surface area contributed by atoms with E-state index >= 15 is 0 Å². The molecule has 6 heteroatoms. The second-order valence-corrected chi connectivity index (χ2v) is 6.36. The van der Waals surface area contributed by atoms with Gasteiger partial charge in [0.15, 0.2) is 0 Å². The van der Waals surface area contributed by atoms with E-state index in [2.05, 4.69) is 15.5 Å². The van der Waals surface area contributed by atoms with Gasteiger partial charge in [-0.25, -0.2) is 0 Å². The first-order valence-electron chi connectivity index (χ1n) is 8.09. The van der Waals surface area contributed by atoms with E-state index in [1.54, 1.807) is 18.2 Å². The van der Waals surface area contributed by atoms with E-state index in [9.17, 15) is 9.59 Å². The molecular formula is C17H24ClN3O2. The van der Waals surface area contributed by atoms with Gasteiger partial charge in [0.1, 0.15) is 0 Å². The van der Waals surface area contributed by atoms with Crippen molar-refractivity contribution >= 4 is 29.1 Å². The number of anilines is 1. The Morgan fingerprint density at radius 1 is 1.30 bits per heavy atom. The lowest BCUT2D eigenvalue weighted by Crippen LogP contribution is -2.36. The highest BCUT2D eigenvalue weighted by Crippen LogP contribution is 2.23. The summed E-state index contributed by atoms with van der Waals surface area (Å²) in [4.78, 5) is 26.2. The summed E-state index contributed by atoms with van der Waals surface area (Å²) in [6.45, 7) is 2.72. The highest BCUT2D eigenvalue weighted by molar-refractivity contribution is 6.34. The molecule has 0 spiro atoms. The van der Waals surface area contributed by atoms with Crippen molar-refractivity contribution < 1.29 is 9.59 Å². The largest absolute Gasteiger partial charge is 0.352 e. The highest BCUT2D eigenvalue weighted by atomic mass is 35.5. The summed E-state index contributed by atoms with van der Waals surface area (Å²) in [5.74, 6) is -0.319. The summed E-state index contributed by atoms with van der Waals surface area (Å²) < 4.78 is 0. The Morgan fingerprint density at radius 2 is 2.00 bits per heavy atom. The predicted molar refractivity (Wildman–Crippen MR) is 93.0 cm³/mol. The molecule has 0 atom stereocenters. The number of benzene rings is 1. The molecule has 5 nitrogen and oxygen atoms in total. The fraction of sp³-hybridized carbons (Fsp3) is 0.529. The van der Waals surface area contributed by atoms with Crippen LogP contribution in [0.2, 0.25) is 5.02 Å². The maximum absolute atomic E-state index is 12.2. The molecule has 0 heterocycles. The van der Waals surface area contributed by atoms with Crippen molar-refractivity contribution in [2.45, 2.75) is 38.6 Å². The molecule has 23 heavy (non-hydrogen) atoms. The van der Waals surface area contributed by atoms with E-state index < -0.39 is 0 Å². The molecule has 0 radical (unpaired) electrons. The normalized spacial score (nSPS) is 15.0. The zero-order valence-electron chi connectivity index (χ0n) is 13.7.